The van der Waals surface area contributed by atoms with Crippen LogP contribution in [0.2, 0.25) is 5.02 Å². The van der Waals surface area contributed by atoms with Crippen LogP contribution in [0.4, 0.5) is 5.69 Å². The molecule has 1 saturated carbocycles. The van der Waals surface area contributed by atoms with Crippen LogP contribution in [0.15, 0.2) is 53.0 Å². The van der Waals surface area contributed by atoms with Gasteiger partial charge in [-0.1, -0.05) is 51.8 Å². The summed E-state index contributed by atoms with van der Waals surface area (Å²) in [5, 5.41) is 3.38. The van der Waals surface area contributed by atoms with E-state index in [-0.39, 0.29) is 17.2 Å². The largest absolute Gasteiger partial charge is 0.339 e. The molecule has 29 heavy (non-hydrogen) atoms. The number of halogens is 2. The van der Waals surface area contributed by atoms with Crippen LogP contribution in [0.3, 0.4) is 0 Å². The van der Waals surface area contributed by atoms with Gasteiger partial charge in [-0.15, -0.1) is 0 Å². The molecule has 4 rings (SSSR count). The molecule has 2 fully saturated rings. The van der Waals surface area contributed by atoms with Gasteiger partial charge in [0.05, 0.1) is 22.7 Å². The van der Waals surface area contributed by atoms with Crippen LogP contribution >= 0.6 is 27.5 Å². The van der Waals surface area contributed by atoms with Crippen LogP contribution in [-0.4, -0.2) is 54.3 Å². The summed E-state index contributed by atoms with van der Waals surface area (Å²) in [5.41, 5.74) is 1.36. The number of benzene rings is 2. The number of carbonyl (C=O) groups excluding carboxylic acids is 2. The fraction of sp³-hybridized carbons (Fsp3) is 0.364. The van der Waals surface area contributed by atoms with Gasteiger partial charge < -0.3 is 10.2 Å². The Kier molecular flexibility index (Phi) is 5.95. The molecule has 1 N–H and O–H groups in total. The summed E-state index contributed by atoms with van der Waals surface area (Å²) >= 11 is 9.61. The minimum Gasteiger partial charge on any atom is -0.339 e. The van der Waals surface area contributed by atoms with E-state index in [1.165, 1.54) is 0 Å². The molecule has 0 radical (unpaired) electrons. The molecule has 1 saturated heterocycles. The van der Waals surface area contributed by atoms with Gasteiger partial charge in [-0.05, 0) is 42.7 Å². The van der Waals surface area contributed by atoms with E-state index in [9.17, 15) is 9.59 Å². The number of piperazine rings is 1. The van der Waals surface area contributed by atoms with Crippen molar-refractivity contribution in [1.82, 2.24) is 9.80 Å². The molecule has 2 aromatic carbocycles. The number of amides is 2. The second-order valence-electron chi connectivity index (χ2n) is 7.69. The monoisotopic (exact) mass is 475 g/mol. The highest BCUT2D eigenvalue weighted by molar-refractivity contribution is 9.10. The molecule has 1 heterocycles. The fourth-order valence-electron chi connectivity index (χ4n) is 3.90. The zero-order valence-electron chi connectivity index (χ0n) is 16.0. The van der Waals surface area contributed by atoms with Crippen LogP contribution in [-0.2, 0) is 15.0 Å². The Morgan fingerprint density at radius 1 is 1.03 bits per heavy atom. The summed E-state index contributed by atoms with van der Waals surface area (Å²) < 4.78 is 1.00. The average Bonchev–Trinajstić information content (AvgIpc) is 3.52. The smallest absolute Gasteiger partial charge is 0.238 e. The predicted molar refractivity (Wildman–Crippen MR) is 118 cm³/mol. The molecule has 2 amide bonds. The molecule has 2 aliphatic rings. The lowest BCUT2D eigenvalue weighted by molar-refractivity contribution is -0.135. The minimum absolute atomic E-state index is 0.0920. The van der Waals surface area contributed by atoms with Crippen LogP contribution < -0.4 is 5.32 Å². The van der Waals surface area contributed by atoms with Gasteiger partial charge in [0.15, 0.2) is 0 Å². The third kappa shape index (κ3) is 4.49. The van der Waals surface area contributed by atoms with Crippen LogP contribution in [0, 0.1) is 0 Å². The molecule has 0 aromatic heterocycles. The molecule has 2 aromatic rings. The van der Waals surface area contributed by atoms with Gasteiger partial charge in [0.25, 0.3) is 0 Å². The van der Waals surface area contributed by atoms with Gasteiger partial charge in [0, 0.05) is 30.7 Å². The van der Waals surface area contributed by atoms with E-state index in [0.29, 0.717) is 43.4 Å². The third-order valence-electron chi connectivity index (χ3n) is 5.71. The zero-order valence-corrected chi connectivity index (χ0v) is 18.4. The van der Waals surface area contributed by atoms with Gasteiger partial charge in [-0.3, -0.25) is 14.5 Å². The average molecular weight is 477 g/mol. The Labute approximate surface area is 184 Å². The zero-order chi connectivity index (χ0) is 20.4. The molecule has 1 aliphatic heterocycles. The van der Waals surface area contributed by atoms with Gasteiger partial charge in [0.1, 0.15) is 0 Å². The molecule has 152 valence electrons. The third-order valence-corrected chi connectivity index (χ3v) is 6.53. The summed E-state index contributed by atoms with van der Waals surface area (Å²) in [6.07, 6.45) is 1.81. The van der Waals surface area contributed by atoms with Crippen molar-refractivity contribution in [1.29, 1.82) is 0 Å². The standard InChI is InChI=1S/C22H23BrClN3O2/c23-17-5-3-4-16(14-17)22(8-9-22)21(29)27-12-10-26(11-13-27)15-20(28)25-19-7-2-1-6-18(19)24/h1-7,14H,8-13,15H2,(H,25,28). The lowest BCUT2D eigenvalue weighted by atomic mass is 9.94. The Hall–Kier alpha value is -1.89. The van der Waals surface area contributed by atoms with Gasteiger partial charge >= 0.3 is 0 Å². The maximum atomic E-state index is 13.2. The maximum absolute atomic E-state index is 13.2. The van der Waals surface area contributed by atoms with Crippen molar-refractivity contribution in [3.05, 3.63) is 63.6 Å². The summed E-state index contributed by atoms with van der Waals surface area (Å²) in [6.45, 7) is 2.97. The molecule has 0 atom stereocenters. The Morgan fingerprint density at radius 2 is 1.76 bits per heavy atom. The number of nitrogens with zero attached hydrogens (tertiary/aromatic N) is 2. The molecular formula is C22H23BrClN3O2. The lowest BCUT2D eigenvalue weighted by Crippen LogP contribution is -2.52. The molecule has 0 bridgehead atoms. The number of hydrogen-bond acceptors (Lipinski definition) is 3. The van der Waals surface area contributed by atoms with Crippen LogP contribution in [0.5, 0.6) is 0 Å². The number of para-hydroxylation sites is 1. The highest BCUT2D eigenvalue weighted by Crippen LogP contribution is 2.50. The van der Waals surface area contributed by atoms with Crippen molar-refractivity contribution in [2.45, 2.75) is 18.3 Å². The number of hydrogen-bond donors (Lipinski definition) is 1. The predicted octanol–water partition coefficient (Wildman–Crippen LogP) is 3.92. The van der Waals surface area contributed by atoms with Crippen LogP contribution in [0.1, 0.15) is 18.4 Å². The van der Waals surface area contributed by atoms with Crippen molar-refractivity contribution in [2.75, 3.05) is 38.0 Å². The first-order chi connectivity index (χ1) is 14.0. The lowest BCUT2D eigenvalue weighted by Gasteiger charge is -2.36. The van der Waals surface area contributed by atoms with Gasteiger partial charge in [-0.25, -0.2) is 0 Å². The number of carbonyl (C=O) groups is 2. The van der Waals surface area contributed by atoms with E-state index in [1.54, 1.807) is 12.1 Å². The van der Waals surface area contributed by atoms with Crippen molar-refractivity contribution in [2.24, 2.45) is 0 Å². The summed E-state index contributed by atoms with van der Waals surface area (Å²) in [6, 6.07) is 15.3. The van der Waals surface area contributed by atoms with Gasteiger partial charge in [0.2, 0.25) is 11.8 Å². The first-order valence-electron chi connectivity index (χ1n) is 9.80. The quantitative estimate of drug-likeness (QED) is 0.712. The normalized spacial score (nSPS) is 18.3. The van der Waals surface area contributed by atoms with E-state index in [2.05, 4.69) is 32.2 Å². The van der Waals surface area contributed by atoms with Crippen molar-refractivity contribution in [3.8, 4) is 0 Å². The molecule has 0 spiro atoms. The summed E-state index contributed by atoms with van der Waals surface area (Å²) in [7, 11) is 0. The minimum atomic E-state index is -0.354. The fourth-order valence-corrected chi connectivity index (χ4v) is 4.49. The van der Waals surface area contributed by atoms with Crippen LogP contribution in [0.25, 0.3) is 0 Å². The Bertz CT molecular complexity index is 924. The first-order valence-corrected chi connectivity index (χ1v) is 11.0. The number of rotatable bonds is 5. The summed E-state index contributed by atoms with van der Waals surface area (Å²) in [4.78, 5) is 29.6. The van der Waals surface area contributed by atoms with E-state index < -0.39 is 0 Å². The highest BCUT2D eigenvalue weighted by atomic mass is 79.9. The van der Waals surface area contributed by atoms with E-state index in [4.69, 9.17) is 11.6 Å². The molecular weight excluding hydrogens is 454 g/mol. The topological polar surface area (TPSA) is 52.7 Å². The second-order valence-corrected chi connectivity index (χ2v) is 9.01. The van der Waals surface area contributed by atoms with Gasteiger partial charge in [-0.2, -0.15) is 0 Å². The Morgan fingerprint density at radius 3 is 2.41 bits per heavy atom. The molecule has 7 heteroatoms. The number of nitrogens with one attached hydrogen (secondary N) is 1. The molecule has 5 nitrogen and oxygen atoms in total. The van der Waals surface area contributed by atoms with E-state index in [1.807, 2.05) is 35.2 Å². The maximum Gasteiger partial charge on any atom is 0.238 e. The highest BCUT2D eigenvalue weighted by Gasteiger charge is 2.53. The SMILES string of the molecule is O=C(CN1CCN(C(=O)C2(c3cccc(Br)c3)CC2)CC1)Nc1ccccc1Cl. The summed E-state index contributed by atoms with van der Waals surface area (Å²) in [5.74, 6) is 0.126. The van der Waals surface area contributed by atoms with Crippen molar-refractivity contribution >= 4 is 45.0 Å². The van der Waals surface area contributed by atoms with E-state index in [0.717, 1.165) is 22.9 Å². The van der Waals surface area contributed by atoms with Crippen molar-refractivity contribution < 1.29 is 9.59 Å². The first kappa shape index (κ1) is 20.4. The molecule has 1 aliphatic carbocycles. The Balaban J connectivity index is 1.31. The van der Waals surface area contributed by atoms with E-state index >= 15 is 0 Å². The number of anilines is 1. The van der Waals surface area contributed by atoms with Crippen molar-refractivity contribution in [3.63, 3.8) is 0 Å². The molecule has 0 unspecified atom stereocenters. The second kappa shape index (κ2) is 8.46.